The number of halogens is 2. The van der Waals surface area contributed by atoms with Gasteiger partial charge in [-0.15, -0.1) is 6.42 Å². The van der Waals surface area contributed by atoms with Crippen LogP contribution >= 0.6 is 30.7 Å². The van der Waals surface area contributed by atoms with E-state index < -0.39 is 37.6 Å². The minimum absolute atomic E-state index is 0.00687. The van der Waals surface area contributed by atoms with Crippen molar-refractivity contribution in [3.63, 3.8) is 0 Å². The van der Waals surface area contributed by atoms with E-state index in [-0.39, 0.29) is 36.1 Å². The normalized spacial score (nSPS) is 17.2. The Hall–Kier alpha value is -4.14. The number of amides is 2. The van der Waals surface area contributed by atoms with Crippen LogP contribution in [-0.2, 0) is 43.3 Å². The van der Waals surface area contributed by atoms with Crippen molar-refractivity contribution in [2.45, 2.75) is 47.2 Å². The molecule has 0 spiro atoms. The van der Waals surface area contributed by atoms with Gasteiger partial charge < -0.3 is 24.2 Å². The molecule has 280 valence electrons. The summed E-state index contributed by atoms with van der Waals surface area (Å²) in [6.45, 7) is 9.20. The number of rotatable bonds is 8. The van der Waals surface area contributed by atoms with Crippen molar-refractivity contribution in [1.82, 2.24) is 19.3 Å². The molecule has 2 amide bonds. The fourth-order valence-corrected chi connectivity index (χ4v) is 6.51. The monoisotopic (exact) mass is 780 g/mol. The average molecular weight is 781 g/mol. The highest BCUT2D eigenvalue weighted by Gasteiger charge is 2.40. The Morgan fingerprint density at radius 3 is 2.56 bits per heavy atom. The van der Waals surface area contributed by atoms with Crippen molar-refractivity contribution in [3.8, 4) is 18.1 Å². The number of hydroxylamine groups is 2. The van der Waals surface area contributed by atoms with Crippen LogP contribution in [0.3, 0.4) is 0 Å². The lowest BCUT2D eigenvalue weighted by atomic mass is 9.92. The molecule has 4 heterocycles. The molecule has 3 aliphatic rings. The Kier molecular flexibility index (Phi) is 13.0. The summed E-state index contributed by atoms with van der Waals surface area (Å²) in [7, 11) is -4.10. The van der Waals surface area contributed by atoms with Crippen LogP contribution in [0.2, 0.25) is 5.02 Å². The van der Waals surface area contributed by atoms with Gasteiger partial charge >= 0.3 is 13.6 Å². The van der Waals surface area contributed by atoms with Crippen molar-refractivity contribution in [2.75, 3.05) is 37.5 Å². The molecular weight excluding hydrogens is 742 g/mol. The highest BCUT2D eigenvalue weighted by atomic mass is 35.5. The smallest absolute Gasteiger partial charge is 0.339 e. The zero-order valence-electron chi connectivity index (χ0n) is 28.8. The van der Waals surface area contributed by atoms with Crippen LogP contribution in [0.15, 0.2) is 41.4 Å². The minimum atomic E-state index is -4.10. The van der Waals surface area contributed by atoms with Crippen molar-refractivity contribution >= 4 is 59.9 Å². The van der Waals surface area contributed by atoms with Gasteiger partial charge in [0.25, 0.3) is 11.8 Å². The first kappa shape index (κ1) is 40.6. The van der Waals surface area contributed by atoms with Gasteiger partial charge in [0.15, 0.2) is 12.4 Å². The number of hydrogen-bond donors (Lipinski definition) is 4. The minimum Gasteiger partial charge on any atom is -0.481 e. The molecule has 15 nitrogen and oxygen atoms in total. The molecule has 4 N–H and O–H groups in total. The van der Waals surface area contributed by atoms with Crippen LogP contribution < -0.4 is 19.8 Å². The number of nitrogens with one attached hydrogen (secondary N) is 1. The SMILES string of the molecule is C#CCN1C(=O)COc2cc(F)c(N=c3snc4n3CC(C)(C)C4)cc21.CC1(C)CON(Cc2ccccc2Cl)C1=O.O=C(O)CNCP(=O)(O)O. The molecule has 52 heavy (non-hydrogen) atoms. The molecule has 0 aliphatic carbocycles. The summed E-state index contributed by atoms with van der Waals surface area (Å²) in [6, 6.07) is 10.2. The number of fused-ring (bicyclic) bond motifs is 2. The van der Waals surface area contributed by atoms with Gasteiger partial charge in [-0.05, 0) is 37.0 Å². The third-order valence-electron chi connectivity index (χ3n) is 7.69. The number of hydrogen-bond acceptors (Lipinski definition) is 10. The van der Waals surface area contributed by atoms with Gasteiger partial charge in [0.1, 0.15) is 17.3 Å². The largest absolute Gasteiger partial charge is 0.481 e. The van der Waals surface area contributed by atoms with E-state index in [4.69, 9.17) is 42.5 Å². The lowest BCUT2D eigenvalue weighted by Gasteiger charge is -2.28. The predicted octanol–water partition coefficient (Wildman–Crippen LogP) is 3.69. The molecule has 0 unspecified atom stereocenters. The van der Waals surface area contributed by atoms with Crippen LogP contribution in [0.1, 0.15) is 39.1 Å². The maximum atomic E-state index is 14.5. The van der Waals surface area contributed by atoms with E-state index in [0.717, 1.165) is 24.4 Å². The molecule has 6 rings (SSSR count). The van der Waals surface area contributed by atoms with Gasteiger partial charge in [-0.25, -0.2) is 14.4 Å². The van der Waals surface area contributed by atoms with Crippen molar-refractivity contribution in [2.24, 2.45) is 15.8 Å². The van der Waals surface area contributed by atoms with Gasteiger partial charge in [0, 0.05) is 35.6 Å². The lowest BCUT2D eigenvalue weighted by molar-refractivity contribution is -0.165. The molecule has 2 aromatic carbocycles. The highest BCUT2D eigenvalue weighted by Crippen LogP contribution is 2.38. The van der Waals surface area contributed by atoms with Crippen LogP contribution in [-0.4, -0.2) is 79.3 Å². The molecular formula is C33H39ClFN6O9PS. The quantitative estimate of drug-likeness (QED) is 0.192. The van der Waals surface area contributed by atoms with Crippen LogP contribution in [0.4, 0.5) is 15.8 Å². The van der Waals surface area contributed by atoms with Crippen LogP contribution in [0.5, 0.6) is 5.75 Å². The topological polar surface area (TPSA) is 196 Å². The first-order valence-electron chi connectivity index (χ1n) is 15.8. The summed E-state index contributed by atoms with van der Waals surface area (Å²) in [5, 5.41) is 12.1. The molecule has 0 radical (unpaired) electrons. The van der Waals surface area contributed by atoms with Crippen molar-refractivity contribution in [1.29, 1.82) is 0 Å². The van der Waals surface area contributed by atoms with Gasteiger partial charge in [0.05, 0.1) is 43.6 Å². The third kappa shape index (κ3) is 10.7. The van der Waals surface area contributed by atoms with Gasteiger partial charge in [-0.2, -0.15) is 4.37 Å². The Labute approximate surface area is 308 Å². The van der Waals surface area contributed by atoms with Crippen molar-refractivity contribution < 1.29 is 47.8 Å². The standard InChI is InChI=1S/C18H17FN4O2S.C12H14ClNO2.C3H8NO5P/c1-4-5-22-13-7-12(11(19)6-14(13)25-9-16(22)24)20-17-23-10-18(2,3)8-15(23)21-26-17;1-12(2)8-16-14(11(12)15)7-9-5-3-4-6-10(9)13;5-3(6)1-4-2-10(7,8)9/h1,6-7H,5,8-10H2,2-3H3;3-6H,7-8H2,1-2H3;4H,1-2H2,(H,5,6)(H2,7,8,9). The molecule has 0 bridgehead atoms. The zero-order chi connectivity index (χ0) is 38.4. The third-order valence-corrected chi connectivity index (χ3v) is 9.47. The summed E-state index contributed by atoms with van der Waals surface area (Å²) in [5.74, 6) is 1.78. The van der Waals surface area contributed by atoms with E-state index in [1.807, 2.05) is 42.7 Å². The Morgan fingerprint density at radius 1 is 1.23 bits per heavy atom. The molecule has 3 aliphatic heterocycles. The van der Waals surface area contributed by atoms with Crippen molar-refractivity contribution in [3.05, 3.63) is 63.4 Å². The number of carboxylic acid groups (broad SMARTS) is 1. The molecule has 0 saturated carbocycles. The number of carbonyl (C=O) groups is 3. The summed E-state index contributed by atoms with van der Waals surface area (Å²) < 4.78 is 36.4. The fraction of sp³-hybridized carbons (Fsp3) is 0.424. The summed E-state index contributed by atoms with van der Waals surface area (Å²) >= 11 is 7.27. The van der Waals surface area contributed by atoms with E-state index in [1.54, 1.807) is 0 Å². The number of aromatic nitrogens is 2. The number of anilines is 1. The average Bonchev–Trinajstić information content (AvgIpc) is 3.65. The number of aliphatic carboxylic acids is 1. The first-order valence-corrected chi connectivity index (χ1v) is 18.7. The summed E-state index contributed by atoms with van der Waals surface area (Å²) in [5.41, 5.74) is 1.15. The van der Waals surface area contributed by atoms with Gasteiger partial charge in [-0.1, -0.05) is 49.6 Å². The fourth-order valence-electron chi connectivity index (χ4n) is 5.15. The number of nitrogens with zero attached hydrogens (tertiary/aromatic N) is 5. The molecule has 1 fully saturated rings. The first-order chi connectivity index (χ1) is 24.3. The molecule has 0 atom stereocenters. The second-order valence-electron chi connectivity index (χ2n) is 13.4. The second kappa shape index (κ2) is 16.7. The summed E-state index contributed by atoms with van der Waals surface area (Å²) in [6.07, 6.45) is 5.62. The van der Waals surface area contributed by atoms with Crippen LogP contribution in [0, 0.1) is 29.0 Å². The summed E-state index contributed by atoms with van der Waals surface area (Å²) in [4.78, 5) is 62.0. The van der Waals surface area contributed by atoms with E-state index in [1.165, 1.54) is 33.6 Å². The Balaban J connectivity index is 0.000000198. The number of terminal acetylenes is 1. The van der Waals surface area contributed by atoms with Crippen LogP contribution in [0.25, 0.3) is 0 Å². The number of benzene rings is 2. The highest BCUT2D eigenvalue weighted by molar-refractivity contribution is 7.51. The molecule has 3 aromatic rings. The second-order valence-corrected chi connectivity index (χ2v) is 16.2. The number of carboxylic acids is 1. The lowest BCUT2D eigenvalue weighted by Crippen LogP contribution is -2.39. The molecule has 1 saturated heterocycles. The zero-order valence-corrected chi connectivity index (χ0v) is 31.3. The van der Waals surface area contributed by atoms with E-state index in [2.05, 4.69) is 34.5 Å². The maximum absolute atomic E-state index is 14.5. The van der Waals surface area contributed by atoms with Gasteiger partial charge in [-0.3, -0.25) is 34.0 Å². The number of ether oxygens (including phenoxy) is 1. The van der Waals surface area contributed by atoms with E-state index in [0.29, 0.717) is 34.4 Å². The molecule has 19 heteroatoms. The Bertz CT molecular complexity index is 1990. The number of carbonyl (C=O) groups excluding carboxylic acids is 2. The maximum Gasteiger partial charge on any atom is 0.339 e. The Morgan fingerprint density at radius 2 is 1.94 bits per heavy atom. The molecule has 1 aromatic heterocycles. The predicted molar refractivity (Wildman–Crippen MR) is 190 cm³/mol. The van der Waals surface area contributed by atoms with E-state index in [9.17, 15) is 23.3 Å². The van der Waals surface area contributed by atoms with E-state index >= 15 is 0 Å². The van der Waals surface area contributed by atoms with Gasteiger partial charge in [0.2, 0.25) is 4.80 Å².